The van der Waals surface area contributed by atoms with Crippen molar-refractivity contribution in [3.05, 3.63) is 52.8 Å². The van der Waals surface area contributed by atoms with Crippen LogP contribution in [0.25, 0.3) is 22.0 Å². The molecule has 3 aromatic rings. The number of hydrogen-bond acceptors (Lipinski definition) is 5. The number of ether oxygens (including phenoxy) is 1. The summed E-state index contributed by atoms with van der Waals surface area (Å²) in [5.74, 6) is -0.316. The first-order valence-corrected chi connectivity index (χ1v) is 8.63. The van der Waals surface area contributed by atoms with E-state index in [0.29, 0.717) is 28.6 Å². The lowest BCUT2D eigenvalue weighted by atomic mass is 10.0. The zero-order valence-electron chi connectivity index (χ0n) is 14.6. The molecule has 1 fully saturated rings. The van der Waals surface area contributed by atoms with Gasteiger partial charge in [-0.25, -0.2) is 4.68 Å². The molecule has 9 heteroatoms. The van der Waals surface area contributed by atoms with Gasteiger partial charge in [0, 0.05) is 5.41 Å². The van der Waals surface area contributed by atoms with E-state index in [1.165, 1.54) is 28.9 Å². The predicted molar refractivity (Wildman–Crippen MR) is 94.7 cm³/mol. The Hall–Kier alpha value is -2.94. The van der Waals surface area contributed by atoms with Gasteiger partial charge >= 0.3 is 6.36 Å². The number of benzene rings is 2. The SMILES string of the molecule is O=c1c2cc(-c3ccc(OC(F)(F)F)cc3)ccc2nnn1CC1(CO)CC1. The van der Waals surface area contributed by atoms with E-state index in [9.17, 15) is 23.1 Å². The minimum Gasteiger partial charge on any atom is -0.406 e. The summed E-state index contributed by atoms with van der Waals surface area (Å²) in [4.78, 5) is 12.8. The number of aliphatic hydroxyl groups excluding tert-OH is 1. The Labute approximate surface area is 157 Å². The maximum absolute atomic E-state index is 12.8. The summed E-state index contributed by atoms with van der Waals surface area (Å²) in [6.45, 7) is 0.296. The normalized spacial score (nSPS) is 15.6. The van der Waals surface area contributed by atoms with Crippen molar-refractivity contribution in [2.24, 2.45) is 5.41 Å². The topological polar surface area (TPSA) is 77.2 Å². The number of aliphatic hydroxyl groups is 1. The van der Waals surface area contributed by atoms with Crippen molar-refractivity contribution in [2.75, 3.05) is 6.61 Å². The lowest BCUT2D eigenvalue weighted by molar-refractivity contribution is -0.274. The number of halogens is 3. The zero-order chi connectivity index (χ0) is 19.9. The molecule has 0 saturated heterocycles. The van der Waals surface area contributed by atoms with Gasteiger partial charge in [0.25, 0.3) is 5.56 Å². The first kappa shape index (κ1) is 18.4. The molecule has 1 aromatic heterocycles. The average molecular weight is 391 g/mol. The quantitative estimate of drug-likeness (QED) is 0.723. The number of alkyl halides is 3. The van der Waals surface area contributed by atoms with Crippen molar-refractivity contribution in [3.8, 4) is 16.9 Å². The molecule has 1 aliphatic carbocycles. The average Bonchev–Trinajstić information content (AvgIpc) is 3.43. The van der Waals surface area contributed by atoms with Crippen molar-refractivity contribution in [3.63, 3.8) is 0 Å². The summed E-state index contributed by atoms with van der Waals surface area (Å²) in [6, 6.07) is 10.4. The van der Waals surface area contributed by atoms with E-state index in [1.54, 1.807) is 18.2 Å². The minimum absolute atomic E-state index is 0.00839. The van der Waals surface area contributed by atoms with Gasteiger partial charge in [-0.05, 0) is 48.2 Å². The van der Waals surface area contributed by atoms with E-state index >= 15 is 0 Å². The molecular weight excluding hydrogens is 375 g/mol. The van der Waals surface area contributed by atoms with Crippen LogP contribution in [0.4, 0.5) is 13.2 Å². The summed E-state index contributed by atoms with van der Waals surface area (Å²) in [5.41, 5.74) is 1.11. The second kappa shape index (κ2) is 6.59. The second-order valence-corrected chi connectivity index (χ2v) is 7.01. The van der Waals surface area contributed by atoms with Crippen LogP contribution in [0.5, 0.6) is 5.75 Å². The summed E-state index contributed by atoms with van der Waals surface area (Å²) in [5, 5.41) is 17.8. The van der Waals surface area contributed by atoms with Crippen LogP contribution in [-0.2, 0) is 6.54 Å². The third kappa shape index (κ3) is 3.70. The highest BCUT2D eigenvalue weighted by Gasteiger charge is 2.43. The second-order valence-electron chi connectivity index (χ2n) is 7.01. The van der Waals surface area contributed by atoms with Crippen LogP contribution < -0.4 is 10.3 Å². The minimum atomic E-state index is -4.75. The molecule has 6 nitrogen and oxygen atoms in total. The van der Waals surface area contributed by atoms with E-state index < -0.39 is 6.36 Å². The van der Waals surface area contributed by atoms with E-state index in [-0.39, 0.29) is 23.3 Å². The number of fused-ring (bicyclic) bond motifs is 1. The van der Waals surface area contributed by atoms with Gasteiger partial charge in [0.1, 0.15) is 11.3 Å². The lowest BCUT2D eigenvalue weighted by Gasteiger charge is -2.12. The van der Waals surface area contributed by atoms with Crippen molar-refractivity contribution in [1.82, 2.24) is 15.0 Å². The summed E-state index contributed by atoms with van der Waals surface area (Å²) in [6.07, 6.45) is -3.08. The van der Waals surface area contributed by atoms with Gasteiger partial charge < -0.3 is 9.84 Å². The fraction of sp³-hybridized carbons (Fsp3) is 0.316. The molecule has 0 radical (unpaired) electrons. The van der Waals surface area contributed by atoms with Crippen LogP contribution >= 0.6 is 0 Å². The number of aromatic nitrogens is 3. The van der Waals surface area contributed by atoms with Gasteiger partial charge in [0.2, 0.25) is 0 Å². The zero-order valence-corrected chi connectivity index (χ0v) is 14.6. The van der Waals surface area contributed by atoms with Crippen molar-refractivity contribution < 1.29 is 23.0 Å². The Kier molecular flexibility index (Phi) is 4.34. The third-order valence-electron chi connectivity index (χ3n) is 4.92. The van der Waals surface area contributed by atoms with Crippen molar-refractivity contribution >= 4 is 10.9 Å². The highest BCUT2D eigenvalue weighted by atomic mass is 19.4. The molecule has 0 amide bonds. The summed E-state index contributed by atoms with van der Waals surface area (Å²) in [7, 11) is 0. The molecule has 28 heavy (non-hydrogen) atoms. The van der Waals surface area contributed by atoms with Gasteiger partial charge in [-0.15, -0.1) is 18.3 Å². The van der Waals surface area contributed by atoms with Crippen LogP contribution in [0.3, 0.4) is 0 Å². The monoisotopic (exact) mass is 391 g/mol. The standard InChI is InChI=1S/C19H16F3N3O3/c20-19(21,22)28-14-4-1-12(2-5-14)13-3-6-16-15(9-13)17(27)25(24-23-16)10-18(11-26)7-8-18/h1-6,9,26H,7-8,10-11H2. The third-order valence-corrected chi connectivity index (χ3v) is 4.92. The molecule has 1 heterocycles. The predicted octanol–water partition coefficient (Wildman–Crippen LogP) is 3.13. The maximum Gasteiger partial charge on any atom is 0.573 e. The Bertz CT molecular complexity index is 1070. The Morgan fingerprint density at radius 2 is 1.79 bits per heavy atom. The van der Waals surface area contributed by atoms with E-state index in [2.05, 4.69) is 15.0 Å². The molecule has 1 saturated carbocycles. The van der Waals surface area contributed by atoms with Crippen molar-refractivity contribution in [1.29, 1.82) is 0 Å². The van der Waals surface area contributed by atoms with Gasteiger partial charge in [0.05, 0.1) is 18.5 Å². The molecule has 1 N–H and O–H groups in total. The van der Waals surface area contributed by atoms with Gasteiger partial charge in [-0.1, -0.05) is 23.4 Å². The smallest absolute Gasteiger partial charge is 0.406 e. The van der Waals surface area contributed by atoms with Crippen LogP contribution in [0.1, 0.15) is 12.8 Å². The Morgan fingerprint density at radius 1 is 1.11 bits per heavy atom. The molecule has 0 spiro atoms. The van der Waals surface area contributed by atoms with Crippen molar-refractivity contribution in [2.45, 2.75) is 25.7 Å². The van der Waals surface area contributed by atoms with Crippen LogP contribution in [0.15, 0.2) is 47.3 Å². The molecular formula is C19H16F3N3O3. The molecule has 0 bridgehead atoms. The highest BCUT2D eigenvalue weighted by molar-refractivity contribution is 5.83. The Balaban J connectivity index is 1.67. The highest BCUT2D eigenvalue weighted by Crippen LogP contribution is 2.46. The molecule has 0 aliphatic heterocycles. The summed E-state index contributed by atoms with van der Waals surface area (Å²) >= 11 is 0. The number of hydrogen-bond donors (Lipinski definition) is 1. The molecule has 0 atom stereocenters. The fourth-order valence-corrected chi connectivity index (χ4v) is 3.07. The lowest BCUT2D eigenvalue weighted by Crippen LogP contribution is -2.29. The van der Waals surface area contributed by atoms with E-state index in [0.717, 1.165) is 12.8 Å². The fourth-order valence-electron chi connectivity index (χ4n) is 3.07. The molecule has 1 aliphatic rings. The van der Waals surface area contributed by atoms with E-state index in [4.69, 9.17) is 0 Å². The first-order valence-electron chi connectivity index (χ1n) is 8.63. The summed E-state index contributed by atoms with van der Waals surface area (Å²) < 4.78 is 42.0. The Morgan fingerprint density at radius 3 is 2.39 bits per heavy atom. The van der Waals surface area contributed by atoms with Gasteiger partial charge in [0.15, 0.2) is 0 Å². The van der Waals surface area contributed by atoms with Crippen LogP contribution in [0.2, 0.25) is 0 Å². The maximum atomic E-state index is 12.8. The number of rotatable bonds is 5. The van der Waals surface area contributed by atoms with Crippen LogP contribution in [-0.4, -0.2) is 33.1 Å². The first-order chi connectivity index (χ1) is 13.3. The van der Waals surface area contributed by atoms with E-state index in [1.807, 2.05) is 0 Å². The van der Waals surface area contributed by atoms with Gasteiger partial charge in [-0.3, -0.25) is 4.79 Å². The number of nitrogens with zero attached hydrogens (tertiary/aromatic N) is 3. The molecule has 146 valence electrons. The van der Waals surface area contributed by atoms with Crippen LogP contribution in [0, 0.1) is 5.41 Å². The van der Waals surface area contributed by atoms with Gasteiger partial charge in [-0.2, -0.15) is 0 Å². The largest absolute Gasteiger partial charge is 0.573 e. The molecule has 0 unspecified atom stereocenters. The molecule has 4 rings (SSSR count). The molecule has 2 aromatic carbocycles.